The highest BCUT2D eigenvalue weighted by atomic mass is 32.2. The van der Waals surface area contributed by atoms with Gasteiger partial charge in [0.2, 0.25) is 15.9 Å². The fourth-order valence-electron chi connectivity index (χ4n) is 5.86. The number of benzene rings is 2. The predicted octanol–water partition coefficient (Wildman–Crippen LogP) is 4.08. The normalized spacial score (nSPS) is 18.4. The lowest BCUT2D eigenvalue weighted by Crippen LogP contribution is -2.57. The number of hydrogen-bond acceptors (Lipinski definition) is 7. The third-order valence-corrected chi connectivity index (χ3v) is 9.20. The van der Waals surface area contributed by atoms with Gasteiger partial charge in [-0.1, -0.05) is 12.1 Å². The first-order valence-corrected chi connectivity index (χ1v) is 16.3. The highest BCUT2D eigenvalue weighted by Gasteiger charge is 2.36. The molecule has 1 aromatic heterocycles. The lowest BCUT2D eigenvalue weighted by Gasteiger charge is -2.39. The minimum absolute atomic E-state index is 0.0277. The lowest BCUT2D eigenvalue weighted by molar-refractivity contribution is -0.118. The van der Waals surface area contributed by atoms with E-state index in [1.54, 1.807) is 6.92 Å². The maximum atomic E-state index is 15.1. The van der Waals surface area contributed by atoms with Gasteiger partial charge in [-0.2, -0.15) is 4.31 Å². The monoisotopic (exact) mass is 665 g/mol. The van der Waals surface area contributed by atoms with Crippen LogP contribution in [0, 0.1) is 23.3 Å². The Labute approximate surface area is 264 Å². The van der Waals surface area contributed by atoms with E-state index >= 15 is 4.39 Å². The summed E-state index contributed by atoms with van der Waals surface area (Å²) in [6.45, 7) is 2.72. The number of pyridine rings is 1. The van der Waals surface area contributed by atoms with Gasteiger partial charge in [0.05, 0.1) is 31.4 Å². The zero-order chi connectivity index (χ0) is 33.6. The second kappa shape index (κ2) is 15.0. The Bertz CT molecular complexity index is 1640. The quantitative estimate of drug-likeness (QED) is 0.264. The van der Waals surface area contributed by atoms with Crippen LogP contribution in [-0.4, -0.2) is 74.3 Å². The second-order valence-electron chi connectivity index (χ2n) is 11.1. The maximum absolute atomic E-state index is 15.1. The van der Waals surface area contributed by atoms with Gasteiger partial charge in [0.15, 0.2) is 0 Å². The van der Waals surface area contributed by atoms with Gasteiger partial charge in [0, 0.05) is 42.7 Å². The molecule has 0 spiro atoms. The molecule has 3 N–H and O–H groups in total. The van der Waals surface area contributed by atoms with Crippen molar-refractivity contribution in [1.82, 2.24) is 19.9 Å². The summed E-state index contributed by atoms with van der Waals surface area (Å²) in [5.41, 5.74) is 0.230. The number of methoxy groups -OCH3 is 1. The summed E-state index contributed by atoms with van der Waals surface area (Å²) in [5, 5.41) is 8.17. The second-order valence-corrected chi connectivity index (χ2v) is 13.0. The van der Waals surface area contributed by atoms with Crippen molar-refractivity contribution in [3.05, 3.63) is 94.8 Å². The Morgan fingerprint density at radius 1 is 1.02 bits per heavy atom. The van der Waals surface area contributed by atoms with Crippen molar-refractivity contribution in [2.45, 2.75) is 50.2 Å². The van der Waals surface area contributed by atoms with Crippen LogP contribution in [0.2, 0.25) is 0 Å². The summed E-state index contributed by atoms with van der Waals surface area (Å²) in [7, 11) is -2.44. The summed E-state index contributed by atoms with van der Waals surface area (Å²) in [6.07, 6.45) is 3.12. The fraction of sp³-hybridized carbons (Fsp3) is 0.387. The molecule has 4 rings (SSSR count). The van der Waals surface area contributed by atoms with Crippen LogP contribution in [0.25, 0.3) is 0 Å². The maximum Gasteiger partial charge on any atom is 0.407 e. The fourth-order valence-corrected chi connectivity index (χ4v) is 7.31. The van der Waals surface area contributed by atoms with Crippen LogP contribution in [0.1, 0.15) is 42.4 Å². The molecule has 0 bridgehead atoms. The van der Waals surface area contributed by atoms with Gasteiger partial charge in [-0.05, 0) is 61.6 Å². The van der Waals surface area contributed by atoms with E-state index in [4.69, 9.17) is 4.74 Å². The molecular weight excluding hydrogens is 630 g/mol. The number of nitrogens with zero attached hydrogens (tertiary/aromatic N) is 2. The van der Waals surface area contributed by atoms with Crippen molar-refractivity contribution in [1.29, 1.82) is 0 Å². The van der Waals surface area contributed by atoms with E-state index in [1.165, 1.54) is 22.6 Å². The van der Waals surface area contributed by atoms with E-state index < -0.39 is 57.3 Å². The molecule has 2 amide bonds. The molecule has 0 aliphatic carbocycles. The standard InChI is InChI=1S/C31H35F4N5O5S/c1-18-14-36-15-24(40(18)46(3,43)44)5-4-6-25-26(35)16-37-17-27(25)38-30(41)29(39-31(42)45-2)28(19-7-9-21(32)10-8-19)20-11-22(33)13-23(34)12-20/h7-13,16-18,24,28-29,36H,4-6,14-15H2,1-3H3,(H,38,41)(H,39,42)/t18-,24-,28-,29-/m0/s1. The van der Waals surface area contributed by atoms with Crippen LogP contribution in [0.3, 0.4) is 0 Å². The number of aromatic nitrogens is 1. The number of carbonyl (C=O) groups excluding carboxylic acids is 2. The molecular formula is C31H35F4N5O5S. The number of anilines is 1. The largest absolute Gasteiger partial charge is 0.453 e. The summed E-state index contributed by atoms with van der Waals surface area (Å²) >= 11 is 0. The van der Waals surface area contributed by atoms with E-state index in [0.29, 0.717) is 32.0 Å². The third-order valence-electron chi connectivity index (χ3n) is 7.77. The molecule has 0 saturated carbocycles. The number of nitrogens with one attached hydrogen (secondary N) is 3. The van der Waals surface area contributed by atoms with Crippen LogP contribution in [-0.2, 0) is 26.0 Å². The molecule has 1 saturated heterocycles. The van der Waals surface area contributed by atoms with Gasteiger partial charge in [0.25, 0.3) is 0 Å². The van der Waals surface area contributed by atoms with Crippen LogP contribution in [0.15, 0.2) is 54.9 Å². The molecule has 4 atom stereocenters. The van der Waals surface area contributed by atoms with Crippen LogP contribution < -0.4 is 16.0 Å². The van der Waals surface area contributed by atoms with E-state index in [-0.39, 0.29) is 40.9 Å². The molecule has 248 valence electrons. The predicted molar refractivity (Wildman–Crippen MR) is 162 cm³/mol. The first-order chi connectivity index (χ1) is 21.8. The van der Waals surface area contributed by atoms with E-state index in [9.17, 15) is 31.2 Å². The highest BCUT2D eigenvalue weighted by Crippen LogP contribution is 2.32. The van der Waals surface area contributed by atoms with E-state index in [0.717, 1.165) is 43.8 Å². The van der Waals surface area contributed by atoms with Crippen molar-refractivity contribution >= 4 is 27.7 Å². The van der Waals surface area contributed by atoms with Crippen molar-refractivity contribution < 1.29 is 40.3 Å². The van der Waals surface area contributed by atoms with Gasteiger partial charge in [-0.15, -0.1) is 0 Å². The Kier molecular flexibility index (Phi) is 11.3. The Morgan fingerprint density at radius 2 is 1.70 bits per heavy atom. The average molecular weight is 666 g/mol. The smallest absolute Gasteiger partial charge is 0.407 e. The van der Waals surface area contributed by atoms with Gasteiger partial charge < -0.3 is 20.7 Å². The number of alkyl carbamates (subject to hydrolysis) is 1. The summed E-state index contributed by atoms with van der Waals surface area (Å²) in [6, 6.07) is 5.17. The van der Waals surface area contributed by atoms with Crippen molar-refractivity contribution in [2.24, 2.45) is 0 Å². The Balaban J connectivity index is 1.64. The Morgan fingerprint density at radius 3 is 2.33 bits per heavy atom. The minimum Gasteiger partial charge on any atom is -0.453 e. The number of amides is 2. The summed E-state index contributed by atoms with van der Waals surface area (Å²) in [4.78, 5) is 30.2. The van der Waals surface area contributed by atoms with Crippen LogP contribution in [0.5, 0.6) is 0 Å². The number of hydrogen-bond donors (Lipinski definition) is 3. The van der Waals surface area contributed by atoms with Gasteiger partial charge in [0.1, 0.15) is 29.3 Å². The molecule has 0 radical (unpaired) electrons. The van der Waals surface area contributed by atoms with Crippen molar-refractivity contribution in [2.75, 3.05) is 31.8 Å². The summed E-state index contributed by atoms with van der Waals surface area (Å²) < 4.78 is 88.7. The number of ether oxygens (including phenoxy) is 1. The Hall–Kier alpha value is -4.08. The highest BCUT2D eigenvalue weighted by molar-refractivity contribution is 7.88. The van der Waals surface area contributed by atoms with Crippen LogP contribution in [0.4, 0.5) is 28.0 Å². The van der Waals surface area contributed by atoms with Crippen molar-refractivity contribution in [3.63, 3.8) is 0 Å². The van der Waals surface area contributed by atoms with E-state index in [1.807, 2.05) is 0 Å². The number of rotatable bonds is 11. The molecule has 3 aromatic rings. The van der Waals surface area contributed by atoms with Crippen LogP contribution >= 0.6 is 0 Å². The lowest BCUT2D eigenvalue weighted by atomic mass is 9.84. The van der Waals surface area contributed by atoms with E-state index in [2.05, 4.69) is 20.9 Å². The van der Waals surface area contributed by atoms with Gasteiger partial charge in [-0.25, -0.2) is 30.8 Å². The SMILES string of the molecule is COC(=O)N[C@H](C(=O)Nc1cncc(F)c1CCC[C@H]1CNC[C@H](C)N1S(C)(=O)=O)[C@@H](c1ccc(F)cc1)c1cc(F)cc(F)c1. The molecule has 46 heavy (non-hydrogen) atoms. The minimum atomic E-state index is -3.50. The topological polar surface area (TPSA) is 130 Å². The molecule has 1 fully saturated rings. The zero-order valence-corrected chi connectivity index (χ0v) is 26.2. The molecule has 10 nitrogen and oxygen atoms in total. The molecule has 15 heteroatoms. The number of sulfonamides is 1. The molecule has 0 unspecified atom stereocenters. The number of halogens is 4. The molecule has 1 aliphatic rings. The van der Waals surface area contributed by atoms with Gasteiger partial charge >= 0.3 is 6.09 Å². The zero-order valence-electron chi connectivity index (χ0n) is 25.4. The number of piperazine rings is 1. The van der Waals surface area contributed by atoms with Gasteiger partial charge in [-0.3, -0.25) is 9.78 Å². The third kappa shape index (κ3) is 8.59. The summed E-state index contributed by atoms with van der Waals surface area (Å²) in [5.74, 6) is -5.40. The average Bonchev–Trinajstić information content (AvgIpc) is 2.98. The molecule has 2 heterocycles. The first-order valence-electron chi connectivity index (χ1n) is 14.5. The molecule has 2 aromatic carbocycles. The number of carbonyl (C=O) groups is 2. The first kappa shape index (κ1) is 34.8. The molecule has 1 aliphatic heterocycles. The van der Waals surface area contributed by atoms with Crippen molar-refractivity contribution in [3.8, 4) is 0 Å².